The molecule has 1 atom stereocenters. The van der Waals surface area contributed by atoms with Gasteiger partial charge < -0.3 is 16.0 Å². The number of hydrogen-bond donors (Lipinski definition) is 2. The van der Waals surface area contributed by atoms with Crippen molar-refractivity contribution >= 4 is 23.6 Å². The van der Waals surface area contributed by atoms with E-state index in [1.807, 2.05) is 60.4 Å². The summed E-state index contributed by atoms with van der Waals surface area (Å²) >= 11 is 1.32. The third kappa shape index (κ3) is 5.87. The van der Waals surface area contributed by atoms with Gasteiger partial charge in [0.2, 0.25) is 5.91 Å². The van der Waals surface area contributed by atoms with Crippen LogP contribution in [0.4, 0.5) is 0 Å². The van der Waals surface area contributed by atoms with Gasteiger partial charge in [-0.05, 0) is 37.3 Å². The molecule has 1 unspecified atom stereocenters. The molecule has 3 N–H and O–H groups in total. The highest BCUT2D eigenvalue weighted by molar-refractivity contribution is 8.04. The molecule has 3 rings (SSSR count). The lowest BCUT2D eigenvalue weighted by molar-refractivity contribution is -0.122. The summed E-state index contributed by atoms with van der Waals surface area (Å²) in [6.45, 7) is 2.48. The highest BCUT2D eigenvalue weighted by atomic mass is 32.2. The molecule has 0 bridgehead atoms. The minimum Gasteiger partial charge on any atom is -0.365 e. The van der Waals surface area contributed by atoms with Crippen LogP contribution in [0.25, 0.3) is 0 Å². The zero-order valence-electron chi connectivity index (χ0n) is 16.6. The van der Waals surface area contributed by atoms with Crippen molar-refractivity contribution in [3.05, 3.63) is 82.4 Å². The Morgan fingerprint density at radius 1 is 1.00 bits per heavy atom. The van der Waals surface area contributed by atoms with E-state index in [1.165, 1.54) is 17.3 Å². The molecule has 1 aliphatic heterocycles. The number of unbranched alkanes of at least 4 members (excludes halogenated alkanes) is 1. The summed E-state index contributed by atoms with van der Waals surface area (Å²) in [6.07, 6.45) is 3.23. The summed E-state index contributed by atoms with van der Waals surface area (Å²) in [4.78, 5) is 26.8. The van der Waals surface area contributed by atoms with Gasteiger partial charge in [0, 0.05) is 18.7 Å². The molecule has 0 saturated heterocycles. The van der Waals surface area contributed by atoms with Gasteiger partial charge in [-0.15, -0.1) is 0 Å². The zero-order valence-corrected chi connectivity index (χ0v) is 17.5. The summed E-state index contributed by atoms with van der Waals surface area (Å²) in [5, 5.41) is 3.06. The number of allylic oxidation sites excluding steroid dienone is 1. The van der Waals surface area contributed by atoms with Gasteiger partial charge in [0.15, 0.2) is 5.50 Å². The largest absolute Gasteiger partial charge is 0.365 e. The predicted molar refractivity (Wildman–Crippen MR) is 117 cm³/mol. The molecule has 0 spiro atoms. The second-order valence-electron chi connectivity index (χ2n) is 7.12. The van der Waals surface area contributed by atoms with Crippen molar-refractivity contribution in [3.8, 4) is 0 Å². The van der Waals surface area contributed by atoms with Crippen LogP contribution in [0.3, 0.4) is 0 Å². The summed E-state index contributed by atoms with van der Waals surface area (Å²) in [5.74, 6) is -0.461. The highest BCUT2D eigenvalue weighted by Crippen LogP contribution is 2.37. The third-order valence-corrected chi connectivity index (χ3v) is 6.27. The van der Waals surface area contributed by atoms with E-state index < -0.39 is 5.91 Å². The molecule has 0 fully saturated rings. The maximum absolute atomic E-state index is 12.5. The van der Waals surface area contributed by atoms with Crippen LogP contribution in [0.15, 0.2) is 71.3 Å². The Morgan fingerprint density at radius 3 is 2.24 bits per heavy atom. The Kier molecular flexibility index (Phi) is 7.36. The number of primary amides is 1. The smallest absolute Gasteiger partial charge is 0.257 e. The van der Waals surface area contributed by atoms with Gasteiger partial charge in [0.1, 0.15) is 0 Å². The number of nitrogens with zero attached hydrogens (tertiary/aromatic N) is 1. The molecule has 0 radical (unpaired) electrons. The molecule has 29 heavy (non-hydrogen) atoms. The normalized spacial score (nSPS) is 16.2. The molecule has 0 aliphatic carbocycles. The van der Waals surface area contributed by atoms with Crippen LogP contribution >= 0.6 is 11.8 Å². The number of carbonyl (C=O) groups excluding carboxylic acids is 2. The number of carbonyl (C=O) groups is 2. The molecule has 1 aliphatic rings. The van der Waals surface area contributed by atoms with Gasteiger partial charge in [0.05, 0.1) is 4.91 Å². The second kappa shape index (κ2) is 10.2. The predicted octanol–water partition coefficient (Wildman–Crippen LogP) is 3.77. The Hall–Kier alpha value is -2.73. The summed E-state index contributed by atoms with van der Waals surface area (Å²) in [7, 11) is 0. The topological polar surface area (TPSA) is 75.4 Å². The highest BCUT2D eigenvalue weighted by Gasteiger charge is 2.33. The standard InChI is InChI=1S/C23H27N3O2S/c1-17-21(22(24)28)29-23(26(17)16-19-13-6-3-7-14-19)25-20(27)15-9-8-12-18-10-4-2-5-11-18/h2-7,10-11,13-14,23H,8-9,12,15-16H2,1H3,(H2,24,28)(H,25,27). The number of amides is 2. The molecule has 0 aromatic heterocycles. The molecule has 5 nitrogen and oxygen atoms in total. The van der Waals surface area contributed by atoms with E-state index in [2.05, 4.69) is 17.4 Å². The fourth-order valence-corrected chi connectivity index (χ4v) is 4.54. The summed E-state index contributed by atoms with van der Waals surface area (Å²) < 4.78 is 0. The van der Waals surface area contributed by atoms with Crippen molar-refractivity contribution in [2.24, 2.45) is 5.73 Å². The van der Waals surface area contributed by atoms with Crippen LogP contribution < -0.4 is 11.1 Å². The van der Waals surface area contributed by atoms with E-state index in [4.69, 9.17) is 5.73 Å². The van der Waals surface area contributed by atoms with Gasteiger partial charge in [-0.3, -0.25) is 9.59 Å². The SMILES string of the molecule is CC1=C(C(N)=O)SC(NC(=O)CCCCc2ccccc2)N1Cc1ccccc1. The van der Waals surface area contributed by atoms with Crippen LogP contribution in [-0.4, -0.2) is 22.2 Å². The summed E-state index contributed by atoms with van der Waals surface area (Å²) in [5.41, 5.74) is 8.42. The molecule has 1 heterocycles. The molecule has 2 aromatic carbocycles. The molecule has 2 aromatic rings. The van der Waals surface area contributed by atoms with Gasteiger partial charge in [-0.1, -0.05) is 72.4 Å². The average Bonchev–Trinajstić information content (AvgIpc) is 3.02. The van der Waals surface area contributed by atoms with Gasteiger partial charge >= 0.3 is 0 Å². The van der Waals surface area contributed by atoms with E-state index in [0.29, 0.717) is 17.9 Å². The average molecular weight is 410 g/mol. The first-order valence-corrected chi connectivity index (χ1v) is 10.7. The van der Waals surface area contributed by atoms with Gasteiger partial charge in [-0.2, -0.15) is 0 Å². The van der Waals surface area contributed by atoms with Crippen molar-refractivity contribution in [2.45, 2.75) is 44.6 Å². The number of nitrogens with one attached hydrogen (secondary N) is 1. The number of aryl methyl sites for hydroxylation is 1. The fourth-order valence-electron chi connectivity index (χ4n) is 3.36. The maximum atomic E-state index is 12.5. The number of nitrogens with two attached hydrogens (primary N) is 1. The molecule has 0 saturated carbocycles. The quantitative estimate of drug-likeness (QED) is 0.618. The monoisotopic (exact) mass is 409 g/mol. The van der Waals surface area contributed by atoms with Crippen molar-refractivity contribution < 1.29 is 9.59 Å². The van der Waals surface area contributed by atoms with E-state index in [9.17, 15) is 9.59 Å². The first-order valence-electron chi connectivity index (χ1n) is 9.86. The van der Waals surface area contributed by atoms with Gasteiger partial charge in [-0.25, -0.2) is 0 Å². The first kappa shape index (κ1) is 21.0. The summed E-state index contributed by atoms with van der Waals surface area (Å²) in [6, 6.07) is 20.3. The van der Waals surface area contributed by atoms with Gasteiger partial charge in [0.25, 0.3) is 5.91 Å². The number of hydrogen-bond acceptors (Lipinski definition) is 4. The lowest BCUT2D eigenvalue weighted by atomic mass is 10.1. The second-order valence-corrected chi connectivity index (χ2v) is 8.21. The minimum atomic E-state index is -0.454. The van der Waals surface area contributed by atoms with E-state index in [0.717, 1.165) is 30.5 Å². The van der Waals surface area contributed by atoms with Crippen LogP contribution in [0.1, 0.15) is 37.3 Å². The number of rotatable bonds is 9. The Balaban J connectivity index is 1.54. The molecule has 2 amide bonds. The van der Waals surface area contributed by atoms with Crippen molar-refractivity contribution in [3.63, 3.8) is 0 Å². The molecule has 6 heteroatoms. The van der Waals surface area contributed by atoms with Crippen molar-refractivity contribution in [1.29, 1.82) is 0 Å². The minimum absolute atomic E-state index is 0.00727. The van der Waals surface area contributed by atoms with Crippen LogP contribution in [-0.2, 0) is 22.6 Å². The number of benzene rings is 2. The van der Waals surface area contributed by atoms with Crippen LogP contribution in [0.2, 0.25) is 0 Å². The van der Waals surface area contributed by atoms with Crippen molar-refractivity contribution in [2.75, 3.05) is 0 Å². The molecular formula is C23H27N3O2S. The number of thioether (sulfide) groups is 1. The first-order chi connectivity index (χ1) is 14.0. The molecule has 152 valence electrons. The lowest BCUT2D eigenvalue weighted by Gasteiger charge is -2.28. The van der Waals surface area contributed by atoms with Crippen LogP contribution in [0, 0.1) is 0 Å². The lowest BCUT2D eigenvalue weighted by Crippen LogP contribution is -2.42. The Labute approximate surface area is 176 Å². The molecular weight excluding hydrogens is 382 g/mol. The fraction of sp³-hybridized carbons (Fsp3) is 0.304. The van der Waals surface area contributed by atoms with E-state index >= 15 is 0 Å². The third-order valence-electron chi connectivity index (χ3n) is 4.94. The van der Waals surface area contributed by atoms with E-state index in [1.54, 1.807) is 0 Å². The Morgan fingerprint density at radius 2 is 1.62 bits per heavy atom. The van der Waals surface area contributed by atoms with E-state index in [-0.39, 0.29) is 11.4 Å². The maximum Gasteiger partial charge on any atom is 0.257 e. The van der Waals surface area contributed by atoms with Crippen LogP contribution in [0.5, 0.6) is 0 Å². The zero-order chi connectivity index (χ0) is 20.6. The van der Waals surface area contributed by atoms with Crippen molar-refractivity contribution in [1.82, 2.24) is 10.2 Å². The Bertz CT molecular complexity index is 868.